The number of ether oxygens (including phenoxy) is 1. The number of unbranched alkanes of at least 4 members (excludes halogenated alkanes) is 1. The van der Waals surface area contributed by atoms with Gasteiger partial charge in [0, 0.05) is 6.42 Å². The first kappa shape index (κ1) is 25.4. The third kappa shape index (κ3) is 4.40. The largest absolute Gasteiger partial charge is 0.466 e. The van der Waals surface area contributed by atoms with Gasteiger partial charge in [0.15, 0.2) is 0 Å². The van der Waals surface area contributed by atoms with Crippen molar-refractivity contribution < 1.29 is 24.9 Å². The Morgan fingerprint density at radius 1 is 1.03 bits per heavy atom. The number of fused-ring (bicyclic) bond motifs is 5. The van der Waals surface area contributed by atoms with E-state index in [-0.39, 0.29) is 41.0 Å². The Morgan fingerprint density at radius 2 is 1.79 bits per heavy atom. The van der Waals surface area contributed by atoms with Gasteiger partial charge in [0.05, 0.1) is 24.9 Å². The second kappa shape index (κ2) is 9.78. The molecule has 0 amide bonds. The molecule has 0 aliphatic heterocycles. The molecule has 4 saturated carbocycles. The van der Waals surface area contributed by atoms with Crippen molar-refractivity contribution in [3.63, 3.8) is 0 Å². The summed E-state index contributed by atoms with van der Waals surface area (Å²) < 4.78 is 5.05. The molecule has 3 N–H and O–H groups in total. The number of aliphatic hydroxyl groups is 3. The molecule has 4 fully saturated rings. The first-order chi connectivity index (χ1) is 15.6. The van der Waals surface area contributed by atoms with Crippen LogP contribution in [0.1, 0.15) is 98.3 Å². The van der Waals surface area contributed by atoms with Crippen LogP contribution in [0.15, 0.2) is 0 Å². The smallest absolute Gasteiger partial charge is 0.305 e. The Bertz CT molecular complexity index is 696. The molecule has 5 nitrogen and oxygen atoms in total. The molecule has 0 aromatic carbocycles. The molecule has 0 saturated heterocycles. The zero-order valence-electron chi connectivity index (χ0n) is 21.3. The molecule has 0 unspecified atom stereocenters. The van der Waals surface area contributed by atoms with Crippen LogP contribution in [-0.4, -0.2) is 46.2 Å². The Balaban J connectivity index is 1.45. The van der Waals surface area contributed by atoms with Crippen LogP contribution in [0.25, 0.3) is 0 Å². The van der Waals surface area contributed by atoms with Gasteiger partial charge < -0.3 is 20.1 Å². The number of carbonyl (C=O) groups excluding carboxylic acids is 1. The quantitative estimate of drug-likeness (QED) is 0.375. The zero-order valence-corrected chi connectivity index (χ0v) is 21.3. The van der Waals surface area contributed by atoms with E-state index in [1.165, 1.54) is 0 Å². The van der Waals surface area contributed by atoms with E-state index < -0.39 is 0 Å². The molecule has 0 aromatic heterocycles. The van der Waals surface area contributed by atoms with Crippen molar-refractivity contribution >= 4 is 5.97 Å². The second-order valence-electron chi connectivity index (χ2n) is 12.6. The van der Waals surface area contributed by atoms with Crippen LogP contribution in [-0.2, 0) is 9.53 Å². The zero-order chi connectivity index (χ0) is 24.0. The van der Waals surface area contributed by atoms with Crippen LogP contribution in [0, 0.1) is 46.3 Å². The molecule has 0 bridgehead atoms. The lowest BCUT2D eigenvalue weighted by Gasteiger charge is -2.63. The molecule has 0 radical (unpaired) electrons. The molecule has 0 aromatic rings. The molecular formula is C28H48O5. The molecule has 33 heavy (non-hydrogen) atoms. The molecular weight excluding hydrogens is 416 g/mol. The van der Waals surface area contributed by atoms with Gasteiger partial charge in [-0.25, -0.2) is 0 Å². The van der Waals surface area contributed by atoms with Gasteiger partial charge in [-0.05, 0) is 105 Å². The van der Waals surface area contributed by atoms with E-state index in [2.05, 4.69) is 20.8 Å². The van der Waals surface area contributed by atoms with Gasteiger partial charge in [-0.3, -0.25) is 4.79 Å². The molecule has 0 spiro atoms. The lowest BCUT2D eigenvalue weighted by Crippen LogP contribution is -2.62. The van der Waals surface area contributed by atoms with Gasteiger partial charge in [-0.15, -0.1) is 0 Å². The highest BCUT2D eigenvalue weighted by molar-refractivity contribution is 5.69. The van der Waals surface area contributed by atoms with Crippen LogP contribution in [0.2, 0.25) is 0 Å². The van der Waals surface area contributed by atoms with Gasteiger partial charge in [-0.2, -0.15) is 0 Å². The summed E-state index contributed by atoms with van der Waals surface area (Å²) in [5.41, 5.74) is -0.0116. The van der Waals surface area contributed by atoms with E-state index >= 15 is 0 Å². The van der Waals surface area contributed by atoms with Crippen LogP contribution >= 0.6 is 0 Å². The molecule has 190 valence electrons. The fourth-order valence-electron chi connectivity index (χ4n) is 9.30. The molecule has 4 aliphatic carbocycles. The van der Waals surface area contributed by atoms with E-state index in [1.54, 1.807) is 0 Å². The Labute approximate surface area is 200 Å². The average Bonchev–Trinajstić information content (AvgIpc) is 3.12. The van der Waals surface area contributed by atoms with E-state index in [4.69, 9.17) is 4.74 Å². The highest BCUT2D eigenvalue weighted by Crippen LogP contribution is 2.68. The lowest BCUT2D eigenvalue weighted by atomic mass is 9.43. The lowest BCUT2D eigenvalue weighted by molar-refractivity contribution is -0.207. The van der Waals surface area contributed by atoms with Crippen molar-refractivity contribution in [2.45, 2.75) is 117 Å². The predicted molar refractivity (Wildman–Crippen MR) is 128 cm³/mol. The summed E-state index contributed by atoms with van der Waals surface area (Å²) in [5, 5.41) is 33.3. The molecule has 11 atom stereocenters. The maximum absolute atomic E-state index is 11.7. The molecule has 4 rings (SSSR count). The Kier molecular flexibility index (Phi) is 7.54. The van der Waals surface area contributed by atoms with Gasteiger partial charge in [0.2, 0.25) is 0 Å². The van der Waals surface area contributed by atoms with Crippen molar-refractivity contribution in [3.8, 4) is 0 Å². The molecule has 0 heterocycles. The SMILES string of the molecule is CCOC(=O)CCCC[C@@H](C)[C@H]1CC[C@H]2[C@@H]3[C@H](O)C[C@@H]4C[C@H](O)CC[C@]4(C)[C@H]3C[C@H](O)[C@]12C. The predicted octanol–water partition coefficient (Wildman–Crippen LogP) is 4.71. The summed E-state index contributed by atoms with van der Waals surface area (Å²) in [7, 11) is 0. The summed E-state index contributed by atoms with van der Waals surface area (Å²) >= 11 is 0. The summed E-state index contributed by atoms with van der Waals surface area (Å²) in [4.78, 5) is 11.6. The summed E-state index contributed by atoms with van der Waals surface area (Å²) in [6.07, 6.45) is 9.12. The van der Waals surface area contributed by atoms with Crippen LogP contribution < -0.4 is 0 Å². The van der Waals surface area contributed by atoms with Crippen molar-refractivity contribution in [2.24, 2.45) is 46.3 Å². The van der Waals surface area contributed by atoms with Crippen molar-refractivity contribution in [1.29, 1.82) is 0 Å². The maximum Gasteiger partial charge on any atom is 0.305 e. The fraction of sp³-hybridized carbons (Fsp3) is 0.964. The fourth-order valence-corrected chi connectivity index (χ4v) is 9.30. The summed E-state index contributed by atoms with van der Waals surface area (Å²) in [6, 6.07) is 0. The Hall–Kier alpha value is -0.650. The minimum absolute atomic E-state index is 0.0971. The normalized spacial score (nSPS) is 47.8. The second-order valence-corrected chi connectivity index (χ2v) is 12.6. The van der Waals surface area contributed by atoms with Crippen LogP contribution in [0.3, 0.4) is 0 Å². The molecule has 4 aliphatic rings. The third-order valence-electron chi connectivity index (χ3n) is 11.1. The van der Waals surface area contributed by atoms with Crippen molar-refractivity contribution in [2.75, 3.05) is 6.61 Å². The average molecular weight is 465 g/mol. The highest BCUT2D eigenvalue weighted by atomic mass is 16.5. The minimum Gasteiger partial charge on any atom is -0.466 e. The molecule has 5 heteroatoms. The van der Waals surface area contributed by atoms with Crippen molar-refractivity contribution in [1.82, 2.24) is 0 Å². The topological polar surface area (TPSA) is 87.0 Å². The maximum atomic E-state index is 11.7. The number of esters is 1. The standard InChI is InChI=1S/C28H48O5/c1-5-33-25(32)9-7-6-8-17(2)20-10-11-21-26-22(16-24(31)28(20,21)4)27(3)13-12-19(29)14-18(27)15-23(26)30/h17-24,26,29-31H,5-16H2,1-4H3/t17-,18+,19-,20-,21+,22+,23-,24+,26+,27+,28-/m1/s1. The minimum atomic E-state index is -0.326. The van der Waals surface area contributed by atoms with Gasteiger partial charge in [0.1, 0.15) is 0 Å². The summed E-state index contributed by atoms with van der Waals surface area (Å²) in [6.45, 7) is 9.33. The van der Waals surface area contributed by atoms with E-state index in [1.807, 2.05) is 6.92 Å². The number of carbonyl (C=O) groups is 1. The van der Waals surface area contributed by atoms with Crippen LogP contribution in [0.5, 0.6) is 0 Å². The first-order valence-corrected chi connectivity index (χ1v) is 13.8. The van der Waals surface area contributed by atoms with Crippen LogP contribution in [0.4, 0.5) is 0 Å². The Morgan fingerprint density at radius 3 is 2.52 bits per heavy atom. The number of rotatable bonds is 7. The number of aliphatic hydroxyl groups excluding tert-OH is 3. The van der Waals surface area contributed by atoms with E-state index in [9.17, 15) is 20.1 Å². The first-order valence-electron chi connectivity index (χ1n) is 13.8. The number of hydrogen-bond acceptors (Lipinski definition) is 5. The van der Waals surface area contributed by atoms with Crippen molar-refractivity contribution in [3.05, 3.63) is 0 Å². The van der Waals surface area contributed by atoms with E-state index in [0.29, 0.717) is 42.6 Å². The number of hydrogen-bond donors (Lipinski definition) is 3. The third-order valence-corrected chi connectivity index (χ3v) is 11.1. The van der Waals surface area contributed by atoms with Gasteiger partial charge >= 0.3 is 5.97 Å². The summed E-state index contributed by atoms with van der Waals surface area (Å²) in [5.74, 6) is 2.23. The highest BCUT2D eigenvalue weighted by Gasteiger charge is 2.65. The van der Waals surface area contributed by atoms with Gasteiger partial charge in [-0.1, -0.05) is 33.6 Å². The monoisotopic (exact) mass is 464 g/mol. The van der Waals surface area contributed by atoms with E-state index in [0.717, 1.165) is 64.2 Å². The van der Waals surface area contributed by atoms with Gasteiger partial charge in [0.25, 0.3) is 0 Å².